The van der Waals surface area contributed by atoms with Crippen LogP contribution in [0.4, 0.5) is 0 Å². The zero-order valence-electron chi connectivity index (χ0n) is 18.5. The Balaban J connectivity index is 1.81. The number of hydrogen-bond acceptors (Lipinski definition) is 0. The minimum Gasteiger partial charge on any atom is -0.0887 e. The molecule has 0 bridgehead atoms. The van der Waals surface area contributed by atoms with Gasteiger partial charge in [0.05, 0.1) is 0 Å². The fraction of sp³-hybridized carbons (Fsp3) is 0. The van der Waals surface area contributed by atoms with Crippen molar-refractivity contribution in [2.75, 3.05) is 0 Å². The standard InChI is InChI=1S/C31H26P2/c1-33(28-20-10-4-11-21-28,29-22-12-5-13-23-29)31-25-15-14-24-30(31)32(26-16-6-2-7-17-26)27-18-8-3-9-19-27/h2-25H,1H2. The molecular weight excluding hydrogens is 434 g/mol. The van der Waals surface area contributed by atoms with Crippen molar-refractivity contribution in [2.45, 2.75) is 0 Å². The van der Waals surface area contributed by atoms with Gasteiger partial charge in [0.25, 0.3) is 0 Å². The monoisotopic (exact) mass is 460 g/mol. The molecule has 0 radical (unpaired) electrons. The highest BCUT2D eigenvalue weighted by atomic mass is 31.2. The topological polar surface area (TPSA) is 0 Å². The van der Waals surface area contributed by atoms with Gasteiger partial charge in [0.15, 0.2) is 0 Å². The molecule has 2 heteroatoms. The lowest BCUT2D eigenvalue weighted by atomic mass is 10.3. The third-order valence-corrected chi connectivity index (χ3v) is 12.2. The fourth-order valence-electron chi connectivity index (χ4n) is 4.35. The molecule has 0 heterocycles. The minimum absolute atomic E-state index is 0.724. The van der Waals surface area contributed by atoms with E-state index < -0.39 is 14.8 Å². The molecule has 33 heavy (non-hydrogen) atoms. The van der Waals surface area contributed by atoms with Gasteiger partial charge in [0, 0.05) is 0 Å². The van der Waals surface area contributed by atoms with E-state index >= 15 is 0 Å². The molecule has 5 aromatic carbocycles. The molecule has 0 unspecified atom stereocenters. The van der Waals surface area contributed by atoms with Crippen LogP contribution in [0.5, 0.6) is 0 Å². The average Bonchev–Trinajstić information content (AvgIpc) is 2.91. The van der Waals surface area contributed by atoms with Crippen molar-refractivity contribution in [3.8, 4) is 0 Å². The normalized spacial score (nSPS) is 11.4. The zero-order chi connectivity index (χ0) is 22.5. The summed E-state index contributed by atoms with van der Waals surface area (Å²) in [6.07, 6.45) is 5.03. The molecule has 0 atom stereocenters. The maximum absolute atomic E-state index is 5.03. The Labute approximate surface area is 198 Å². The molecule has 0 saturated heterocycles. The molecule has 5 rings (SSSR count). The second-order valence-electron chi connectivity index (χ2n) is 7.98. The highest BCUT2D eigenvalue weighted by molar-refractivity contribution is 7.95. The van der Waals surface area contributed by atoms with E-state index in [-0.39, 0.29) is 0 Å². The van der Waals surface area contributed by atoms with Crippen molar-refractivity contribution in [1.82, 2.24) is 0 Å². The molecular formula is C31H26P2. The van der Waals surface area contributed by atoms with Crippen molar-refractivity contribution >= 4 is 52.9 Å². The van der Waals surface area contributed by atoms with E-state index in [0.717, 1.165) is 0 Å². The van der Waals surface area contributed by atoms with Crippen LogP contribution >= 0.6 is 14.8 Å². The molecule has 0 amide bonds. The summed E-state index contributed by atoms with van der Waals surface area (Å²) in [4.78, 5) is 0. The van der Waals surface area contributed by atoms with Crippen LogP contribution in [0.1, 0.15) is 0 Å². The van der Waals surface area contributed by atoms with Gasteiger partial charge in [0.2, 0.25) is 0 Å². The van der Waals surface area contributed by atoms with E-state index in [1.54, 1.807) is 0 Å². The molecule has 5 aromatic rings. The van der Waals surface area contributed by atoms with E-state index in [1.807, 2.05) is 0 Å². The number of hydrogen-bond donors (Lipinski definition) is 0. The smallest absolute Gasteiger partial charge is 0.00683 e. The molecule has 0 aliphatic rings. The van der Waals surface area contributed by atoms with Gasteiger partial charge < -0.3 is 0 Å². The average molecular weight is 460 g/mol. The van der Waals surface area contributed by atoms with Crippen molar-refractivity contribution in [3.63, 3.8) is 0 Å². The predicted octanol–water partition coefficient (Wildman–Crippen LogP) is 5.17. The highest BCUT2D eigenvalue weighted by Gasteiger charge is 2.28. The van der Waals surface area contributed by atoms with Gasteiger partial charge in [-0.2, -0.15) is 0 Å². The minimum atomic E-state index is -2.09. The quantitative estimate of drug-likeness (QED) is 0.307. The van der Waals surface area contributed by atoms with E-state index in [1.165, 1.54) is 31.8 Å². The van der Waals surface area contributed by atoms with Crippen LogP contribution in [0, 0.1) is 0 Å². The fourth-order valence-corrected chi connectivity index (χ4v) is 10.5. The van der Waals surface area contributed by atoms with Crippen LogP contribution in [0.3, 0.4) is 0 Å². The molecule has 0 fully saturated rings. The molecule has 0 saturated carbocycles. The summed E-state index contributed by atoms with van der Waals surface area (Å²) >= 11 is 0. The molecule has 0 aliphatic heterocycles. The van der Waals surface area contributed by atoms with Crippen molar-refractivity contribution in [1.29, 1.82) is 0 Å². The third-order valence-electron chi connectivity index (χ3n) is 5.96. The van der Waals surface area contributed by atoms with E-state index in [9.17, 15) is 0 Å². The first kappa shape index (κ1) is 21.7. The molecule has 0 nitrogen and oxygen atoms in total. The van der Waals surface area contributed by atoms with Gasteiger partial charge >= 0.3 is 0 Å². The summed E-state index contributed by atoms with van der Waals surface area (Å²) in [5.41, 5.74) is 0. The first-order chi connectivity index (χ1) is 16.3. The SMILES string of the molecule is C=P(c1ccccc1)(c1ccccc1)c1ccccc1P(c1ccccc1)c1ccccc1. The molecule has 0 aromatic heterocycles. The summed E-state index contributed by atoms with van der Waals surface area (Å²) in [5, 5.41) is 8.08. The van der Waals surface area contributed by atoms with E-state index in [2.05, 4.69) is 146 Å². The Bertz CT molecular complexity index is 1280. The van der Waals surface area contributed by atoms with Crippen LogP contribution in [0.15, 0.2) is 146 Å². The van der Waals surface area contributed by atoms with Gasteiger partial charge in [-0.05, 0) is 46.6 Å². The second-order valence-corrected chi connectivity index (χ2v) is 13.3. The Morgan fingerprint density at radius 1 is 0.424 bits per heavy atom. The lowest BCUT2D eigenvalue weighted by molar-refractivity contribution is 1.74. The van der Waals surface area contributed by atoms with Crippen LogP contribution < -0.4 is 31.8 Å². The van der Waals surface area contributed by atoms with E-state index in [0.29, 0.717) is 0 Å². The van der Waals surface area contributed by atoms with Crippen molar-refractivity contribution in [3.05, 3.63) is 146 Å². The Hall–Kier alpha value is -3.17. The third kappa shape index (κ3) is 4.26. The van der Waals surface area contributed by atoms with Crippen molar-refractivity contribution in [2.24, 2.45) is 0 Å². The number of benzene rings is 5. The van der Waals surface area contributed by atoms with E-state index in [4.69, 9.17) is 6.30 Å². The van der Waals surface area contributed by atoms with Crippen LogP contribution in [0.2, 0.25) is 0 Å². The summed E-state index contributed by atoms with van der Waals surface area (Å²) in [6.45, 7) is -2.09. The second kappa shape index (κ2) is 9.76. The van der Waals surface area contributed by atoms with Gasteiger partial charge in [0.1, 0.15) is 0 Å². The summed E-state index contributed by atoms with van der Waals surface area (Å²) < 4.78 is 0. The summed E-state index contributed by atoms with van der Waals surface area (Å²) in [7, 11) is -0.724. The van der Waals surface area contributed by atoms with Crippen LogP contribution in [0.25, 0.3) is 0 Å². The van der Waals surface area contributed by atoms with Crippen LogP contribution in [-0.2, 0) is 0 Å². The maximum Gasteiger partial charge on any atom is -0.00683 e. The molecule has 0 spiro atoms. The van der Waals surface area contributed by atoms with Gasteiger partial charge in [-0.15, -0.1) is 0 Å². The predicted molar refractivity (Wildman–Crippen MR) is 151 cm³/mol. The highest BCUT2D eigenvalue weighted by Crippen LogP contribution is 2.44. The van der Waals surface area contributed by atoms with Crippen LogP contribution in [-0.4, -0.2) is 6.30 Å². The molecule has 0 N–H and O–H groups in total. The first-order valence-electron chi connectivity index (χ1n) is 11.1. The zero-order valence-corrected chi connectivity index (χ0v) is 20.2. The summed E-state index contributed by atoms with van der Waals surface area (Å²) in [5.74, 6) is 0. The largest absolute Gasteiger partial charge is 0.0887 e. The Morgan fingerprint density at radius 2 is 0.788 bits per heavy atom. The lowest BCUT2D eigenvalue weighted by Crippen LogP contribution is -2.36. The molecule has 0 aliphatic carbocycles. The Kier molecular flexibility index (Phi) is 6.41. The summed E-state index contributed by atoms with van der Waals surface area (Å²) in [6, 6.07) is 52.6. The van der Waals surface area contributed by atoms with Gasteiger partial charge in [-0.3, -0.25) is 0 Å². The first-order valence-corrected chi connectivity index (χ1v) is 14.4. The maximum atomic E-state index is 5.03. The lowest BCUT2D eigenvalue weighted by Gasteiger charge is -2.31. The molecule has 160 valence electrons. The van der Waals surface area contributed by atoms with Gasteiger partial charge in [-0.1, -0.05) is 152 Å². The van der Waals surface area contributed by atoms with Gasteiger partial charge in [-0.25, -0.2) is 0 Å². The van der Waals surface area contributed by atoms with Crippen molar-refractivity contribution < 1.29 is 0 Å². The number of rotatable bonds is 6. The Morgan fingerprint density at radius 3 is 1.24 bits per heavy atom.